The lowest BCUT2D eigenvalue weighted by Crippen LogP contribution is -2.20. The lowest BCUT2D eigenvalue weighted by molar-refractivity contribution is 0.0950. The lowest BCUT2D eigenvalue weighted by atomic mass is 10.1. The number of nitrogens with one attached hydrogen (secondary N) is 2. The van der Waals surface area contributed by atoms with Crippen molar-refractivity contribution in [1.82, 2.24) is 10.4 Å². The summed E-state index contributed by atoms with van der Waals surface area (Å²) in [4.78, 5) is 14.4. The van der Waals surface area contributed by atoms with Crippen LogP contribution in [0.1, 0.15) is 23.0 Å². The molecule has 0 saturated heterocycles. The zero-order valence-electron chi connectivity index (χ0n) is 10.4. The smallest absolute Gasteiger partial charge is 0.287 e. The van der Waals surface area contributed by atoms with E-state index in [0.29, 0.717) is 5.69 Å². The summed E-state index contributed by atoms with van der Waals surface area (Å²) < 4.78 is 27.3. The summed E-state index contributed by atoms with van der Waals surface area (Å²) in [5, 5.41) is 3.76. The number of nitrogens with zero attached hydrogens (tertiary/aromatic N) is 1. The number of carbonyl (C=O) groups is 1. The van der Waals surface area contributed by atoms with Crippen molar-refractivity contribution in [3.05, 3.63) is 57.8 Å². The molecule has 0 atom stereocenters. The van der Waals surface area contributed by atoms with Gasteiger partial charge in [0.05, 0.1) is 5.71 Å². The maximum atomic E-state index is 13.5. The molecule has 0 spiro atoms. The zero-order chi connectivity index (χ0) is 14.7. The summed E-state index contributed by atoms with van der Waals surface area (Å²) in [5.74, 6) is -1.66. The molecule has 7 heteroatoms. The van der Waals surface area contributed by atoms with Crippen LogP contribution in [0.15, 0.2) is 40.0 Å². The Morgan fingerprint density at radius 1 is 1.35 bits per heavy atom. The molecular formula is C13H10BrF2N3O. The third kappa shape index (κ3) is 3.30. The van der Waals surface area contributed by atoms with Crippen molar-refractivity contribution < 1.29 is 13.6 Å². The highest BCUT2D eigenvalue weighted by atomic mass is 79.9. The fourth-order valence-electron chi connectivity index (χ4n) is 1.53. The number of carbonyl (C=O) groups excluding carboxylic acids is 1. The Morgan fingerprint density at radius 3 is 2.75 bits per heavy atom. The van der Waals surface area contributed by atoms with Crippen molar-refractivity contribution in [3.63, 3.8) is 0 Å². The van der Waals surface area contributed by atoms with E-state index in [1.807, 2.05) is 0 Å². The first-order valence-corrected chi connectivity index (χ1v) is 6.40. The van der Waals surface area contributed by atoms with Crippen LogP contribution in [0.5, 0.6) is 0 Å². The molecule has 0 aliphatic rings. The second-order valence-corrected chi connectivity index (χ2v) is 4.91. The van der Waals surface area contributed by atoms with Crippen molar-refractivity contribution in [2.45, 2.75) is 6.92 Å². The van der Waals surface area contributed by atoms with E-state index >= 15 is 0 Å². The minimum Gasteiger partial charge on any atom is -0.356 e. The number of rotatable bonds is 3. The largest absolute Gasteiger partial charge is 0.356 e. The van der Waals surface area contributed by atoms with Crippen LogP contribution in [0.4, 0.5) is 8.78 Å². The van der Waals surface area contributed by atoms with Crippen LogP contribution in [-0.2, 0) is 0 Å². The van der Waals surface area contributed by atoms with Gasteiger partial charge >= 0.3 is 0 Å². The third-order valence-electron chi connectivity index (χ3n) is 2.54. The van der Waals surface area contributed by atoms with E-state index in [-0.39, 0.29) is 11.3 Å². The second kappa shape index (κ2) is 5.96. The average Bonchev–Trinajstić information content (AvgIpc) is 2.85. The van der Waals surface area contributed by atoms with Gasteiger partial charge in [-0.1, -0.05) is 0 Å². The van der Waals surface area contributed by atoms with Crippen LogP contribution < -0.4 is 5.43 Å². The van der Waals surface area contributed by atoms with Gasteiger partial charge in [0.1, 0.15) is 17.3 Å². The normalized spacial score (nSPS) is 11.5. The molecule has 1 aromatic heterocycles. The number of hydrogen-bond acceptors (Lipinski definition) is 2. The standard InChI is InChI=1S/C13H10BrF2N3O/c1-7(10-5-9(15)2-3-11(10)16)18-19-13(20)12-4-8(14)6-17-12/h2-6,17H,1H3,(H,19,20)/b18-7-. The summed E-state index contributed by atoms with van der Waals surface area (Å²) in [5.41, 5.74) is 2.73. The third-order valence-corrected chi connectivity index (χ3v) is 2.99. The molecular weight excluding hydrogens is 332 g/mol. The van der Waals surface area contributed by atoms with E-state index in [2.05, 4.69) is 31.4 Å². The SMILES string of the molecule is C/C(=N/NC(=O)c1cc(Br)c[nH]1)c1cc(F)ccc1F. The van der Waals surface area contributed by atoms with Crippen LogP contribution in [0.25, 0.3) is 0 Å². The number of benzene rings is 1. The highest BCUT2D eigenvalue weighted by Gasteiger charge is 2.09. The topological polar surface area (TPSA) is 57.2 Å². The van der Waals surface area contributed by atoms with Crippen LogP contribution >= 0.6 is 15.9 Å². The van der Waals surface area contributed by atoms with E-state index in [9.17, 15) is 13.6 Å². The second-order valence-electron chi connectivity index (χ2n) is 3.99. The molecule has 0 fully saturated rings. The summed E-state index contributed by atoms with van der Waals surface area (Å²) in [6.45, 7) is 1.47. The predicted octanol–water partition coefficient (Wildman–Crippen LogP) is 3.21. The number of H-pyrrole nitrogens is 1. The Kier molecular flexibility index (Phi) is 4.29. The van der Waals surface area contributed by atoms with E-state index in [0.717, 1.165) is 22.7 Å². The Labute approximate surface area is 122 Å². The van der Waals surface area contributed by atoms with Crippen molar-refractivity contribution in [3.8, 4) is 0 Å². The molecule has 1 heterocycles. The van der Waals surface area contributed by atoms with E-state index in [4.69, 9.17) is 0 Å². The van der Waals surface area contributed by atoms with Gasteiger partial charge in [0.2, 0.25) is 0 Å². The molecule has 4 nitrogen and oxygen atoms in total. The maximum Gasteiger partial charge on any atom is 0.287 e. The van der Waals surface area contributed by atoms with Crippen LogP contribution in [0.3, 0.4) is 0 Å². The molecule has 0 aliphatic carbocycles. The summed E-state index contributed by atoms with van der Waals surface area (Å²) in [6, 6.07) is 4.61. The minimum absolute atomic E-state index is 0.00188. The van der Waals surface area contributed by atoms with Crippen LogP contribution in [0.2, 0.25) is 0 Å². The van der Waals surface area contributed by atoms with Gasteiger partial charge in [0, 0.05) is 16.2 Å². The van der Waals surface area contributed by atoms with Gasteiger partial charge < -0.3 is 4.98 Å². The molecule has 1 aromatic carbocycles. The number of aromatic amines is 1. The maximum absolute atomic E-state index is 13.5. The molecule has 20 heavy (non-hydrogen) atoms. The summed E-state index contributed by atoms with van der Waals surface area (Å²) in [7, 11) is 0. The molecule has 0 bridgehead atoms. The first-order chi connectivity index (χ1) is 9.47. The monoisotopic (exact) mass is 341 g/mol. The molecule has 2 aromatic rings. The van der Waals surface area contributed by atoms with Crippen LogP contribution in [-0.4, -0.2) is 16.6 Å². The fraction of sp³-hybridized carbons (Fsp3) is 0.0769. The van der Waals surface area contributed by atoms with E-state index in [1.165, 1.54) is 6.92 Å². The fourth-order valence-corrected chi connectivity index (χ4v) is 1.87. The number of hydrogen-bond donors (Lipinski definition) is 2. The number of aromatic nitrogens is 1. The Hall–Kier alpha value is -2.02. The van der Waals surface area contributed by atoms with Crippen molar-refractivity contribution in [2.24, 2.45) is 5.10 Å². The van der Waals surface area contributed by atoms with E-state index in [1.54, 1.807) is 12.3 Å². The number of amides is 1. The Morgan fingerprint density at radius 2 is 2.10 bits per heavy atom. The van der Waals surface area contributed by atoms with Gasteiger partial charge in [-0.25, -0.2) is 14.2 Å². The van der Waals surface area contributed by atoms with Gasteiger partial charge in [-0.05, 0) is 47.1 Å². The van der Waals surface area contributed by atoms with Gasteiger partial charge in [-0.15, -0.1) is 0 Å². The first-order valence-electron chi connectivity index (χ1n) is 5.61. The Balaban J connectivity index is 2.15. The molecule has 0 radical (unpaired) electrons. The first kappa shape index (κ1) is 14.4. The van der Waals surface area contributed by atoms with Crippen molar-refractivity contribution >= 4 is 27.5 Å². The van der Waals surface area contributed by atoms with Gasteiger partial charge in [0.15, 0.2) is 0 Å². The molecule has 2 rings (SSSR count). The number of halogens is 3. The molecule has 1 amide bonds. The summed E-state index contributed by atoms with van der Waals surface area (Å²) in [6.07, 6.45) is 1.59. The van der Waals surface area contributed by atoms with Crippen molar-refractivity contribution in [2.75, 3.05) is 0 Å². The van der Waals surface area contributed by atoms with Gasteiger partial charge in [0.25, 0.3) is 5.91 Å². The predicted molar refractivity (Wildman–Crippen MR) is 74.5 cm³/mol. The zero-order valence-corrected chi connectivity index (χ0v) is 12.0. The molecule has 2 N–H and O–H groups in total. The van der Waals surface area contributed by atoms with Crippen LogP contribution in [0, 0.1) is 11.6 Å². The van der Waals surface area contributed by atoms with Gasteiger partial charge in [-0.2, -0.15) is 5.10 Å². The molecule has 0 unspecified atom stereocenters. The average molecular weight is 342 g/mol. The molecule has 104 valence electrons. The minimum atomic E-state index is -0.607. The summed E-state index contributed by atoms with van der Waals surface area (Å²) >= 11 is 3.20. The van der Waals surface area contributed by atoms with E-state index < -0.39 is 17.5 Å². The van der Waals surface area contributed by atoms with Crippen molar-refractivity contribution in [1.29, 1.82) is 0 Å². The van der Waals surface area contributed by atoms with Gasteiger partial charge in [-0.3, -0.25) is 4.79 Å². The molecule has 0 aliphatic heterocycles. The number of hydrazone groups is 1. The highest BCUT2D eigenvalue weighted by Crippen LogP contribution is 2.12. The lowest BCUT2D eigenvalue weighted by Gasteiger charge is -2.03. The Bertz CT molecular complexity index is 682. The highest BCUT2D eigenvalue weighted by molar-refractivity contribution is 9.10. The quantitative estimate of drug-likeness (QED) is 0.653. The molecule has 0 saturated carbocycles.